The number of pyridine rings is 1. The molecular formula is C9H8N4O4. The van der Waals surface area contributed by atoms with Crippen LogP contribution in [-0.2, 0) is 0 Å². The van der Waals surface area contributed by atoms with E-state index in [2.05, 4.69) is 4.98 Å². The lowest BCUT2D eigenvalue weighted by atomic mass is 10.5. The summed E-state index contributed by atoms with van der Waals surface area (Å²) in [4.78, 5) is 25.4. The van der Waals surface area contributed by atoms with Gasteiger partial charge in [-0.2, -0.15) is 5.01 Å². The molecule has 17 heavy (non-hydrogen) atoms. The summed E-state index contributed by atoms with van der Waals surface area (Å²) < 4.78 is 1.45. The van der Waals surface area contributed by atoms with Crippen LogP contribution in [0.25, 0.3) is 5.65 Å². The Morgan fingerprint density at radius 3 is 2.76 bits per heavy atom. The minimum Gasteiger partial charge on any atom is -0.464 e. The van der Waals surface area contributed by atoms with Crippen LogP contribution in [0.2, 0.25) is 0 Å². The Hall–Kier alpha value is -2.77. The number of amides is 2. The van der Waals surface area contributed by atoms with Gasteiger partial charge in [0.1, 0.15) is 5.65 Å². The van der Waals surface area contributed by atoms with Gasteiger partial charge in [0.05, 0.1) is 6.20 Å². The van der Waals surface area contributed by atoms with Crippen molar-refractivity contribution in [2.75, 3.05) is 5.01 Å². The quantitative estimate of drug-likeness (QED) is 0.640. The second-order valence-electron chi connectivity index (χ2n) is 3.08. The molecule has 2 aromatic heterocycles. The molecule has 0 aliphatic rings. The Labute approximate surface area is 94.7 Å². The molecule has 0 saturated carbocycles. The van der Waals surface area contributed by atoms with Crippen LogP contribution in [0.5, 0.6) is 0 Å². The highest BCUT2D eigenvalue weighted by Gasteiger charge is 2.20. The molecule has 2 heterocycles. The van der Waals surface area contributed by atoms with Crippen molar-refractivity contribution in [1.29, 1.82) is 0 Å². The summed E-state index contributed by atoms with van der Waals surface area (Å²) in [5, 5.41) is 17.9. The highest BCUT2D eigenvalue weighted by atomic mass is 16.4. The highest BCUT2D eigenvalue weighted by molar-refractivity contribution is 5.88. The Bertz CT molecular complexity index is 579. The fraction of sp³-hybridized carbons (Fsp3) is 0. The number of carboxylic acid groups (broad SMARTS) is 2. The first-order valence-electron chi connectivity index (χ1n) is 4.54. The fourth-order valence-corrected chi connectivity index (χ4v) is 1.38. The third-order valence-corrected chi connectivity index (χ3v) is 2.03. The Kier molecular flexibility index (Phi) is 2.53. The van der Waals surface area contributed by atoms with E-state index >= 15 is 0 Å². The highest BCUT2D eigenvalue weighted by Crippen LogP contribution is 2.14. The number of nitrogens with zero attached hydrogens (tertiary/aromatic N) is 3. The average molecular weight is 236 g/mol. The van der Waals surface area contributed by atoms with Gasteiger partial charge >= 0.3 is 12.2 Å². The number of hydrogen-bond donors (Lipinski definition) is 3. The molecule has 0 fully saturated rings. The molecule has 2 amide bonds. The van der Waals surface area contributed by atoms with Gasteiger partial charge in [-0.25, -0.2) is 20.0 Å². The van der Waals surface area contributed by atoms with E-state index in [9.17, 15) is 9.59 Å². The third kappa shape index (κ3) is 1.95. The van der Waals surface area contributed by atoms with Gasteiger partial charge in [-0.05, 0) is 12.1 Å². The van der Waals surface area contributed by atoms with Crippen LogP contribution in [0.1, 0.15) is 0 Å². The topological polar surface area (TPSA) is 107 Å². The molecule has 8 nitrogen and oxygen atoms in total. The first kappa shape index (κ1) is 10.7. The lowest BCUT2D eigenvalue weighted by molar-refractivity contribution is 0.180. The van der Waals surface area contributed by atoms with Crippen molar-refractivity contribution in [3.8, 4) is 0 Å². The number of anilines is 1. The number of imidazole rings is 1. The van der Waals surface area contributed by atoms with Crippen LogP contribution < -0.4 is 10.4 Å². The lowest BCUT2D eigenvalue weighted by Gasteiger charge is -2.16. The van der Waals surface area contributed by atoms with E-state index in [0.29, 0.717) is 10.7 Å². The monoisotopic (exact) mass is 236 g/mol. The molecule has 8 heteroatoms. The van der Waals surface area contributed by atoms with Crippen LogP contribution in [0, 0.1) is 0 Å². The molecule has 0 spiro atoms. The Morgan fingerprint density at radius 1 is 1.35 bits per heavy atom. The summed E-state index contributed by atoms with van der Waals surface area (Å²) in [7, 11) is 0. The fourth-order valence-electron chi connectivity index (χ4n) is 1.38. The second-order valence-corrected chi connectivity index (χ2v) is 3.08. The number of hydrazine groups is 1. The van der Waals surface area contributed by atoms with E-state index in [-0.39, 0.29) is 5.82 Å². The van der Waals surface area contributed by atoms with Crippen LogP contribution in [-0.4, -0.2) is 31.8 Å². The minimum atomic E-state index is -1.47. The zero-order chi connectivity index (χ0) is 12.4. The molecule has 2 aromatic rings. The molecule has 88 valence electrons. The summed E-state index contributed by atoms with van der Waals surface area (Å²) in [6.07, 6.45) is -0.0763. The van der Waals surface area contributed by atoms with Gasteiger partial charge in [-0.15, -0.1) is 0 Å². The number of aromatic nitrogens is 2. The minimum absolute atomic E-state index is 0.0931. The van der Waals surface area contributed by atoms with Crippen LogP contribution in [0.3, 0.4) is 0 Å². The molecule has 3 N–H and O–H groups in total. The van der Waals surface area contributed by atoms with Crippen molar-refractivity contribution in [3.63, 3.8) is 0 Å². The number of hydrogen-bond acceptors (Lipinski definition) is 3. The molecular weight excluding hydrogens is 228 g/mol. The summed E-state index contributed by atoms with van der Waals surface area (Å²) in [5.41, 5.74) is 2.28. The van der Waals surface area contributed by atoms with Gasteiger partial charge in [-0.3, -0.25) is 4.40 Å². The van der Waals surface area contributed by atoms with Crippen molar-refractivity contribution < 1.29 is 19.8 Å². The van der Waals surface area contributed by atoms with Crippen LogP contribution in [0.15, 0.2) is 30.6 Å². The zero-order valence-electron chi connectivity index (χ0n) is 8.44. The van der Waals surface area contributed by atoms with E-state index in [1.54, 1.807) is 29.8 Å². The third-order valence-electron chi connectivity index (χ3n) is 2.03. The summed E-state index contributed by atoms with van der Waals surface area (Å²) in [6.45, 7) is 0. The SMILES string of the molecule is O=C(O)NN(C(=O)O)c1cnc2ccccn12. The van der Waals surface area contributed by atoms with Crippen LogP contribution >= 0.6 is 0 Å². The zero-order valence-corrected chi connectivity index (χ0v) is 8.44. The van der Waals surface area contributed by atoms with E-state index in [4.69, 9.17) is 10.2 Å². The predicted molar refractivity (Wildman–Crippen MR) is 56.9 cm³/mol. The van der Waals surface area contributed by atoms with E-state index < -0.39 is 12.2 Å². The largest absolute Gasteiger partial charge is 0.464 e. The van der Waals surface area contributed by atoms with Gasteiger partial charge in [0.2, 0.25) is 0 Å². The molecule has 2 rings (SSSR count). The second kappa shape index (κ2) is 4.00. The van der Waals surface area contributed by atoms with Crippen molar-refractivity contribution in [1.82, 2.24) is 14.8 Å². The summed E-state index contributed by atoms with van der Waals surface area (Å²) >= 11 is 0. The van der Waals surface area contributed by atoms with Crippen molar-refractivity contribution in [2.45, 2.75) is 0 Å². The van der Waals surface area contributed by atoms with Crippen molar-refractivity contribution in [3.05, 3.63) is 30.6 Å². The Balaban J connectivity index is 2.48. The molecule has 0 atom stereocenters. The van der Waals surface area contributed by atoms with E-state index in [1.165, 1.54) is 10.6 Å². The first-order valence-corrected chi connectivity index (χ1v) is 4.54. The van der Waals surface area contributed by atoms with Gasteiger partial charge in [0.15, 0.2) is 5.82 Å². The summed E-state index contributed by atoms with van der Waals surface area (Å²) in [6, 6.07) is 5.09. The van der Waals surface area contributed by atoms with Crippen molar-refractivity contribution >= 4 is 23.7 Å². The predicted octanol–water partition coefficient (Wildman–Crippen LogP) is 1.00. The molecule has 0 aliphatic heterocycles. The standard InChI is InChI=1S/C9H8N4O4/c14-8(15)11-13(9(16)17)7-5-10-6-3-1-2-4-12(6)7/h1-5,11H,(H,14,15)(H,16,17). The van der Waals surface area contributed by atoms with Gasteiger partial charge in [0, 0.05) is 6.20 Å². The van der Waals surface area contributed by atoms with Gasteiger partial charge < -0.3 is 10.2 Å². The lowest BCUT2D eigenvalue weighted by Crippen LogP contribution is -2.45. The maximum absolute atomic E-state index is 10.9. The maximum atomic E-state index is 10.9. The maximum Gasteiger partial charge on any atom is 0.432 e. The number of fused-ring (bicyclic) bond motifs is 1. The first-order chi connectivity index (χ1) is 8.09. The molecule has 0 aliphatic carbocycles. The van der Waals surface area contributed by atoms with Gasteiger partial charge in [0.25, 0.3) is 0 Å². The summed E-state index contributed by atoms with van der Waals surface area (Å²) in [5.74, 6) is 0.0931. The normalized spacial score (nSPS) is 10.1. The van der Waals surface area contributed by atoms with Crippen molar-refractivity contribution in [2.24, 2.45) is 0 Å². The number of nitrogens with one attached hydrogen (secondary N) is 1. The number of rotatable bonds is 1. The van der Waals surface area contributed by atoms with E-state index in [1.807, 2.05) is 0 Å². The molecule has 0 radical (unpaired) electrons. The van der Waals surface area contributed by atoms with E-state index in [0.717, 1.165) is 0 Å². The smallest absolute Gasteiger partial charge is 0.432 e. The number of carbonyl (C=O) groups is 2. The Morgan fingerprint density at radius 2 is 2.12 bits per heavy atom. The molecule has 0 bridgehead atoms. The molecule has 0 aromatic carbocycles. The molecule has 0 unspecified atom stereocenters. The van der Waals surface area contributed by atoms with Crippen LogP contribution in [0.4, 0.5) is 15.4 Å². The molecule has 0 saturated heterocycles. The van der Waals surface area contributed by atoms with Gasteiger partial charge in [-0.1, -0.05) is 6.07 Å². The average Bonchev–Trinajstić information content (AvgIpc) is 2.69.